The maximum absolute atomic E-state index is 10.2. The largest absolute Gasteiger partial charge is 0.388 e. The van der Waals surface area contributed by atoms with Crippen LogP contribution in [0, 0.1) is 12.8 Å². The van der Waals surface area contributed by atoms with Gasteiger partial charge in [0.2, 0.25) is 0 Å². The van der Waals surface area contributed by atoms with Gasteiger partial charge in [-0.3, -0.25) is 0 Å². The van der Waals surface area contributed by atoms with Crippen LogP contribution in [0.5, 0.6) is 0 Å². The van der Waals surface area contributed by atoms with Gasteiger partial charge in [0.15, 0.2) is 0 Å². The first kappa shape index (κ1) is 14.4. The van der Waals surface area contributed by atoms with E-state index >= 15 is 0 Å². The minimum Gasteiger partial charge on any atom is -0.388 e. The molecule has 0 saturated carbocycles. The average Bonchev–Trinajstić information content (AvgIpc) is 2.11. The highest BCUT2D eigenvalue weighted by Gasteiger charge is 2.21. The molecule has 1 heterocycles. The molecule has 0 fully saturated rings. The molecule has 0 saturated heterocycles. The summed E-state index contributed by atoms with van der Waals surface area (Å²) in [4.78, 5) is 8.38. The van der Waals surface area contributed by atoms with Crippen LogP contribution < -0.4 is 5.32 Å². The molecular formula is C12H20BrN3O. The number of aliphatic hydroxyl groups is 1. The van der Waals surface area contributed by atoms with Crippen LogP contribution in [-0.2, 0) is 0 Å². The number of aromatic nitrogens is 2. The minimum atomic E-state index is -0.723. The van der Waals surface area contributed by atoms with Crippen LogP contribution in [0.2, 0.25) is 0 Å². The molecule has 1 rings (SSSR count). The summed E-state index contributed by atoms with van der Waals surface area (Å²) >= 11 is 3.32. The van der Waals surface area contributed by atoms with E-state index in [1.807, 2.05) is 13.8 Å². The molecule has 17 heavy (non-hydrogen) atoms. The minimum absolute atomic E-state index is 0.464. The number of halogens is 1. The van der Waals surface area contributed by atoms with Crippen molar-refractivity contribution in [2.45, 2.75) is 39.7 Å². The van der Waals surface area contributed by atoms with Crippen LogP contribution in [0.3, 0.4) is 0 Å². The van der Waals surface area contributed by atoms with Gasteiger partial charge in [-0.25, -0.2) is 9.97 Å². The van der Waals surface area contributed by atoms with Gasteiger partial charge >= 0.3 is 0 Å². The van der Waals surface area contributed by atoms with Gasteiger partial charge in [-0.15, -0.1) is 0 Å². The number of rotatable bonds is 5. The van der Waals surface area contributed by atoms with Gasteiger partial charge in [-0.2, -0.15) is 0 Å². The normalized spacial score (nSPS) is 14.8. The van der Waals surface area contributed by atoms with Crippen molar-refractivity contribution in [1.29, 1.82) is 0 Å². The van der Waals surface area contributed by atoms with Crippen LogP contribution in [0.15, 0.2) is 10.7 Å². The number of anilines is 1. The lowest BCUT2D eigenvalue weighted by molar-refractivity contribution is 0.0514. The standard InChI is InChI=1S/C12H20BrN3O/c1-8(2)6-12(4,17)7-14-11-5-10(13)15-9(3)16-11/h5,8,17H,6-7H2,1-4H3,(H,14,15,16). The summed E-state index contributed by atoms with van der Waals surface area (Å²) in [6.07, 6.45) is 0.755. The molecule has 1 unspecified atom stereocenters. The van der Waals surface area contributed by atoms with E-state index in [0.29, 0.717) is 18.3 Å². The summed E-state index contributed by atoms with van der Waals surface area (Å²) < 4.78 is 0.746. The summed E-state index contributed by atoms with van der Waals surface area (Å²) in [5.41, 5.74) is -0.723. The van der Waals surface area contributed by atoms with Crippen LogP contribution in [0.25, 0.3) is 0 Å². The SMILES string of the molecule is Cc1nc(Br)cc(NCC(C)(O)CC(C)C)n1. The molecule has 0 aromatic carbocycles. The lowest BCUT2D eigenvalue weighted by Crippen LogP contribution is -2.35. The number of hydrogen-bond acceptors (Lipinski definition) is 4. The van der Waals surface area contributed by atoms with Crippen molar-refractivity contribution in [1.82, 2.24) is 9.97 Å². The number of hydrogen-bond donors (Lipinski definition) is 2. The lowest BCUT2D eigenvalue weighted by atomic mass is 9.94. The number of nitrogens with zero attached hydrogens (tertiary/aromatic N) is 2. The van der Waals surface area contributed by atoms with Crippen LogP contribution >= 0.6 is 15.9 Å². The highest BCUT2D eigenvalue weighted by atomic mass is 79.9. The topological polar surface area (TPSA) is 58.0 Å². The zero-order valence-corrected chi connectivity index (χ0v) is 12.4. The number of aryl methyl sites for hydroxylation is 1. The second-order valence-electron chi connectivity index (χ2n) is 5.07. The highest BCUT2D eigenvalue weighted by molar-refractivity contribution is 9.10. The summed E-state index contributed by atoms with van der Waals surface area (Å²) in [7, 11) is 0. The Kier molecular flexibility index (Phi) is 4.89. The predicted molar refractivity (Wildman–Crippen MR) is 73.0 cm³/mol. The molecule has 0 aliphatic carbocycles. The van der Waals surface area contributed by atoms with E-state index in [1.165, 1.54) is 0 Å². The molecule has 5 heteroatoms. The zero-order valence-electron chi connectivity index (χ0n) is 10.8. The molecule has 0 radical (unpaired) electrons. The summed E-state index contributed by atoms with van der Waals surface area (Å²) in [5, 5.41) is 13.3. The molecule has 0 amide bonds. The molecule has 0 aliphatic heterocycles. The predicted octanol–water partition coefficient (Wildman–Crippen LogP) is 2.76. The van der Waals surface area contributed by atoms with E-state index < -0.39 is 5.60 Å². The third-order valence-corrected chi connectivity index (χ3v) is 2.71. The molecule has 4 nitrogen and oxygen atoms in total. The van der Waals surface area contributed by atoms with Crippen molar-refractivity contribution in [3.8, 4) is 0 Å². The maximum Gasteiger partial charge on any atom is 0.130 e. The Morgan fingerprint density at radius 1 is 1.47 bits per heavy atom. The molecule has 0 spiro atoms. The molecular weight excluding hydrogens is 282 g/mol. The Labute approximate surface area is 111 Å². The smallest absolute Gasteiger partial charge is 0.130 e. The Hall–Kier alpha value is -0.680. The Morgan fingerprint density at radius 2 is 2.12 bits per heavy atom. The quantitative estimate of drug-likeness (QED) is 0.821. The third kappa shape index (κ3) is 5.46. The lowest BCUT2D eigenvalue weighted by Gasteiger charge is -2.25. The summed E-state index contributed by atoms with van der Waals surface area (Å²) in [6.45, 7) is 8.35. The average molecular weight is 302 g/mol. The summed E-state index contributed by atoms with van der Waals surface area (Å²) in [5.74, 6) is 1.89. The van der Waals surface area contributed by atoms with Crippen molar-refractivity contribution < 1.29 is 5.11 Å². The van der Waals surface area contributed by atoms with Gasteiger partial charge in [0.25, 0.3) is 0 Å². The van der Waals surface area contributed by atoms with Gasteiger partial charge in [0, 0.05) is 12.6 Å². The van der Waals surface area contributed by atoms with Gasteiger partial charge < -0.3 is 10.4 Å². The fourth-order valence-corrected chi connectivity index (χ4v) is 2.33. The Balaban J connectivity index is 2.60. The highest BCUT2D eigenvalue weighted by Crippen LogP contribution is 2.18. The molecule has 1 aromatic heterocycles. The fraction of sp³-hybridized carbons (Fsp3) is 0.667. The third-order valence-electron chi connectivity index (χ3n) is 2.31. The Bertz CT molecular complexity index is 360. The zero-order chi connectivity index (χ0) is 13.1. The van der Waals surface area contributed by atoms with Crippen LogP contribution in [-0.4, -0.2) is 27.2 Å². The van der Waals surface area contributed by atoms with Gasteiger partial charge in [0.1, 0.15) is 16.2 Å². The molecule has 1 aromatic rings. The molecule has 0 aliphatic rings. The first-order valence-electron chi connectivity index (χ1n) is 5.76. The molecule has 2 N–H and O–H groups in total. The monoisotopic (exact) mass is 301 g/mol. The van der Waals surface area contributed by atoms with Crippen molar-refractivity contribution in [2.24, 2.45) is 5.92 Å². The second-order valence-corrected chi connectivity index (χ2v) is 5.88. The van der Waals surface area contributed by atoms with Gasteiger partial charge in [-0.05, 0) is 42.1 Å². The maximum atomic E-state index is 10.2. The van der Waals surface area contributed by atoms with Crippen LogP contribution in [0.1, 0.15) is 33.0 Å². The van der Waals surface area contributed by atoms with Crippen molar-refractivity contribution in [2.75, 3.05) is 11.9 Å². The number of nitrogens with one attached hydrogen (secondary N) is 1. The second kappa shape index (κ2) is 5.78. The summed E-state index contributed by atoms with van der Waals surface area (Å²) in [6, 6.07) is 1.80. The van der Waals surface area contributed by atoms with Gasteiger partial charge in [0.05, 0.1) is 5.60 Å². The first-order valence-corrected chi connectivity index (χ1v) is 6.55. The molecule has 1 atom stereocenters. The van der Waals surface area contributed by atoms with E-state index in [0.717, 1.165) is 16.8 Å². The molecule has 96 valence electrons. The van der Waals surface area contributed by atoms with Crippen molar-refractivity contribution in [3.05, 3.63) is 16.5 Å². The van der Waals surface area contributed by atoms with Crippen LogP contribution in [0.4, 0.5) is 5.82 Å². The first-order chi connectivity index (χ1) is 7.78. The Morgan fingerprint density at radius 3 is 2.65 bits per heavy atom. The molecule has 0 bridgehead atoms. The van der Waals surface area contributed by atoms with E-state index in [-0.39, 0.29) is 0 Å². The van der Waals surface area contributed by atoms with Gasteiger partial charge in [-0.1, -0.05) is 13.8 Å². The van der Waals surface area contributed by atoms with E-state index in [4.69, 9.17) is 0 Å². The van der Waals surface area contributed by atoms with E-state index in [9.17, 15) is 5.11 Å². The van der Waals surface area contributed by atoms with Crippen molar-refractivity contribution in [3.63, 3.8) is 0 Å². The van der Waals surface area contributed by atoms with E-state index in [2.05, 4.69) is 45.1 Å². The fourth-order valence-electron chi connectivity index (χ4n) is 1.85. The van der Waals surface area contributed by atoms with Crippen molar-refractivity contribution >= 4 is 21.7 Å². The van der Waals surface area contributed by atoms with E-state index in [1.54, 1.807) is 6.07 Å².